The summed E-state index contributed by atoms with van der Waals surface area (Å²) in [5.41, 5.74) is 2.61. The number of amides is 2. The summed E-state index contributed by atoms with van der Waals surface area (Å²) in [5, 5.41) is 2.87. The molecular weight excluding hydrogens is 360 g/mol. The molecule has 3 aromatic rings. The average Bonchev–Trinajstić information content (AvgIpc) is 3.09. The van der Waals surface area contributed by atoms with E-state index in [9.17, 15) is 9.59 Å². The first-order valence-electron chi connectivity index (χ1n) is 8.67. The molecule has 0 bridgehead atoms. The van der Waals surface area contributed by atoms with Gasteiger partial charge in [-0.05, 0) is 30.5 Å². The van der Waals surface area contributed by atoms with Gasteiger partial charge in [0.15, 0.2) is 0 Å². The van der Waals surface area contributed by atoms with Crippen molar-refractivity contribution in [3.63, 3.8) is 0 Å². The van der Waals surface area contributed by atoms with Gasteiger partial charge in [0.1, 0.15) is 5.82 Å². The Balaban J connectivity index is 1.51. The standard InChI is InChI=1S/C20H22N4O2S/c1-24(13-19(25)23-16-9-5-6-10-17(16)27-2)20(26)12-11-18-21-14-7-3-4-8-15(14)22-18/h3-10H,11-13H2,1-2H3,(H,21,22)(H,23,25). The number of nitrogens with zero attached hydrogens (tertiary/aromatic N) is 2. The van der Waals surface area contributed by atoms with Crippen molar-refractivity contribution in [2.24, 2.45) is 0 Å². The van der Waals surface area contributed by atoms with Crippen molar-refractivity contribution in [2.45, 2.75) is 17.7 Å². The summed E-state index contributed by atoms with van der Waals surface area (Å²) in [6.07, 6.45) is 2.76. The number of rotatable bonds is 7. The molecule has 140 valence electrons. The Morgan fingerprint density at radius 1 is 1.15 bits per heavy atom. The summed E-state index contributed by atoms with van der Waals surface area (Å²) < 4.78 is 0. The first-order chi connectivity index (χ1) is 13.1. The highest BCUT2D eigenvalue weighted by molar-refractivity contribution is 7.98. The molecule has 0 saturated carbocycles. The van der Waals surface area contributed by atoms with E-state index in [-0.39, 0.29) is 18.4 Å². The van der Waals surface area contributed by atoms with Crippen LogP contribution in [0.25, 0.3) is 11.0 Å². The van der Waals surface area contributed by atoms with E-state index in [1.807, 2.05) is 54.8 Å². The van der Waals surface area contributed by atoms with Crippen molar-refractivity contribution in [1.82, 2.24) is 14.9 Å². The van der Waals surface area contributed by atoms with Crippen molar-refractivity contribution in [3.8, 4) is 0 Å². The maximum Gasteiger partial charge on any atom is 0.244 e. The normalized spacial score (nSPS) is 10.7. The van der Waals surface area contributed by atoms with Crippen molar-refractivity contribution >= 4 is 40.3 Å². The van der Waals surface area contributed by atoms with Crippen LogP contribution in [0.4, 0.5) is 5.69 Å². The molecule has 2 amide bonds. The van der Waals surface area contributed by atoms with Gasteiger partial charge in [-0.25, -0.2) is 4.98 Å². The lowest BCUT2D eigenvalue weighted by molar-refractivity contribution is -0.133. The predicted molar refractivity (Wildman–Crippen MR) is 109 cm³/mol. The number of aromatic amines is 1. The highest BCUT2D eigenvalue weighted by atomic mass is 32.2. The molecule has 0 saturated heterocycles. The number of hydrogen-bond donors (Lipinski definition) is 2. The topological polar surface area (TPSA) is 78.1 Å². The summed E-state index contributed by atoms with van der Waals surface area (Å²) in [6.45, 7) is 0.0156. The molecule has 0 aliphatic heterocycles. The van der Waals surface area contributed by atoms with Gasteiger partial charge in [-0.1, -0.05) is 24.3 Å². The lowest BCUT2D eigenvalue weighted by Gasteiger charge is -2.17. The van der Waals surface area contributed by atoms with E-state index in [1.54, 1.807) is 18.8 Å². The Morgan fingerprint density at radius 3 is 2.67 bits per heavy atom. The minimum atomic E-state index is -0.212. The third-order valence-electron chi connectivity index (χ3n) is 4.20. The molecule has 7 heteroatoms. The molecule has 0 aliphatic rings. The number of carbonyl (C=O) groups is 2. The van der Waals surface area contributed by atoms with Gasteiger partial charge in [0.05, 0.1) is 23.3 Å². The van der Waals surface area contributed by atoms with Gasteiger partial charge in [0.25, 0.3) is 0 Å². The number of benzene rings is 2. The Bertz CT molecular complexity index is 921. The number of para-hydroxylation sites is 3. The zero-order valence-corrected chi connectivity index (χ0v) is 16.2. The van der Waals surface area contributed by atoms with Crippen LogP contribution < -0.4 is 5.32 Å². The summed E-state index contributed by atoms with van der Waals surface area (Å²) in [7, 11) is 1.64. The highest BCUT2D eigenvalue weighted by Gasteiger charge is 2.15. The van der Waals surface area contributed by atoms with E-state index in [1.165, 1.54) is 4.90 Å². The van der Waals surface area contributed by atoms with Crippen LogP contribution in [0.1, 0.15) is 12.2 Å². The summed E-state index contributed by atoms with van der Waals surface area (Å²) in [6, 6.07) is 15.4. The smallest absolute Gasteiger partial charge is 0.244 e. The van der Waals surface area contributed by atoms with Crippen molar-refractivity contribution in [1.29, 1.82) is 0 Å². The fourth-order valence-corrected chi connectivity index (χ4v) is 3.34. The molecule has 0 unspecified atom stereocenters. The fraction of sp³-hybridized carbons (Fsp3) is 0.250. The van der Waals surface area contributed by atoms with Crippen molar-refractivity contribution < 1.29 is 9.59 Å². The third-order valence-corrected chi connectivity index (χ3v) is 5.00. The lowest BCUT2D eigenvalue weighted by atomic mass is 10.2. The van der Waals surface area contributed by atoms with Crippen LogP contribution in [0, 0.1) is 0 Å². The predicted octanol–water partition coefficient (Wildman–Crippen LogP) is 3.31. The van der Waals surface area contributed by atoms with Crippen LogP contribution >= 0.6 is 11.8 Å². The van der Waals surface area contributed by atoms with E-state index < -0.39 is 0 Å². The van der Waals surface area contributed by atoms with Crippen LogP contribution in [0.2, 0.25) is 0 Å². The van der Waals surface area contributed by atoms with Gasteiger partial charge >= 0.3 is 0 Å². The molecule has 0 aliphatic carbocycles. The monoisotopic (exact) mass is 382 g/mol. The van der Waals surface area contributed by atoms with E-state index in [0.717, 1.165) is 27.4 Å². The van der Waals surface area contributed by atoms with Gasteiger partial charge in [0.2, 0.25) is 11.8 Å². The van der Waals surface area contributed by atoms with Gasteiger partial charge in [-0.15, -0.1) is 11.8 Å². The van der Waals surface area contributed by atoms with Gasteiger partial charge in [-0.2, -0.15) is 0 Å². The molecule has 1 heterocycles. The van der Waals surface area contributed by atoms with E-state index >= 15 is 0 Å². The quantitative estimate of drug-likeness (QED) is 0.615. The summed E-state index contributed by atoms with van der Waals surface area (Å²) in [5.74, 6) is 0.469. The summed E-state index contributed by atoms with van der Waals surface area (Å²) in [4.78, 5) is 34.7. The second kappa shape index (κ2) is 8.73. The van der Waals surface area contributed by atoms with Crippen LogP contribution in [-0.2, 0) is 16.0 Å². The molecular formula is C20H22N4O2S. The molecule has 1 aromatic heterocycles. The third kappa shape index (κ3) is 4.89. The summed E-state index contributed by atoms with van der Waals surface area (Å²) >= 11 is 1.56. The Labute approximate surface area is 162 Å². The maximum absolute atomic E-state index is 12.3. The molecule has 2 N–H and O–H groups in total. The SMILES string of the molecule is CSc1ccccc1NC(=O)CN(C)C(=O)CCc1nc2ccccc2[nH]1. The number of nitrogens with one attached hydrogen (secondary N) is 2. The molecule has 2 aromatic carbocycles. The van der Waals surface area contributed by atoms with Gasteiger partial charge < -0.3 is 15.2 Å². The Kier molecular flexibility index (Phi) is 6.13. The minimum Gasteiger partial charge on any atom is -0.342 e. The number of imidazole rings is 1. The molecule has 27 heavy (non-hydrogen) atoms. The van der Waals surface area contributed by atoms with Gasteiger partial charge in [-0.3, -0.25) is 9.59 Å². The molecule has 0 fully saturated rings. The van der Waals surface area contributed by atoms with E-state index in [4.69, 9.17) is 0 Å². The number of likely N-dealkylation sites (N-methyl/N-ethyl adjacent to an activating group) is 1. The zero-order valence-electron chi connectivity index (χ0n) is 15.4. The first kappa shape index (κ1) is 19.0. The number of fused-ring (bicyclic) bond motifs is 1. The largest absolute Gasteiger partial charge is 0.342 e. The molecule has 6 nitrogen and oxygen atoms in total. The lowest BCUT2D eigenvalue weighted by Crippen LogP contribution is -2.35. The molecule has 3 rings (SSSR count). The zero-order chi connectivity index (χ0) is 19.2. The number of aromatic nitrogens is 2. The average molecular weight is 382 g/mol. The van der Waals surface area contributed by atoms with Crippen LogP contribution in [-0.4, -0.2) is 46.5 Å². The number of aryl methyl sites for hydroxylation is 1. The molecule has 0 atom stereocenters. The molecule has 0 spiro atoms. The second-order valence-electron chi connectivity index (χ2n) is 6.20. The number of H-pyrrole nitrogens is 1. The van der Waals surface area contributed by atoms with Crippen molar-refractivity contribution in [2.75, 3.05) is 25.2 Å². The fourth-order valence-electron chi connectivity index (χ4n) is 2.78. The van der Waals surface area contributed by atoms with E-state index in [2.05, 4.69) is 15.3 Å². The van der Waals surface area contributed by atoms with Gasteiger partial charge in [0, 0.05) is 24.8 Å². The first-order valence-corrected chi connectivity index (χ1v) is 9.89. The Hall–Kier alpha value is -2.80. The van der Waals surface area contributed by atoms with Crippen LogP contribution in [0.5, 0.6) is 0 Å². The number of carbonyl (C=O) groups excluding carboxylic acids is 2. The number of anilines is 1. The highest BCUT2D eigenvalue weighted by Crippen LogP contribution is 2.24. The maximum atomic E-state index is 12.3. The number of thioether (sulfide) groups is 1. The van der Waals surface area contributed by atoms with E-state index in [0.29, 0.717) is 12.8 Å². The number of hydrogen-bond acceptors (Lipinski definition) is 4. The molecule has 0 radical (unpaired) electrons. The Morgan fingerprint density at radius 2 is 1.89 bits per heavy atom. The van der Waals surface area contributed by atoms with Crippen LogP contribution in [0.3, 0.4) is 0 Å². The van der Waals surface area contributed by atoms with Crippen molar-refractivity contribution in [3.05, 3.63) is 54.4 Å². The minimum absolute atomic E-state index is 0.0156. The van der Waals surface area contributed by atoms with Crippen LogP contribution in [0.15, 0.2) is 53.4 Å². The second-order valence-corrected chi connectivity index (χ2v) is 7.05.